The Hall–Kier alpha value is -7.75. The fraction of sp³-hybridized carbons (Fsp3) is 0.292. The van der Waals surface area contributed by atoms with Gasteiger partial charge in [-0.3, -0.25) is 19.2 Å². The number of carbonyl (C=O) groups is 4. The van der Waals surface area contributed by atoms with Crippen LogP contribution in [-0.2, 0) is 0 Å². The Kier molecular flexibility index (Phi) is 20.5. The van der Waals surface area contributed by atoms with Crippen LogP contribution in [0, 0.1) is 0 Å². The molecule has 7 aromatic rings. The van der Waals surface area contributed by atoms with Crippen LogP contribution in [0.4, 0.5) is 29.0 Å². The van der Waals surface area contributed by atoms with Gasteiger partial charge in [-0.15, -0.1) is 0 Å². The number of nitrogens with zero attached hydrogens (tertiary/aromatic N) is 3. The molecule has 0 aliphatic carbocycles. The van der Waals surface area contributed by atoms with Crippen molar-refractivity contribution in [2.24, 2.45) is 0 Å². The Morgan fingerprint density at radius 1 is 0.639 bits per heavy atom. The molecule has 0 aliphatic rings. The van der Waals surface area contributed by atoms with Crippen molar-refractivity contribution in [3.63, 3.8) is 0 Å². The molecule has 0 unspecified atom stereocenters. The van der Waals surface area contributed by atoms with Gasteiger partial charge in [-0.05, 0) is 91.8 Å². The number of benzene rings is 3. The average molecular weight is 1060 g/mol. The summed E-state index contributed by atoms with van der Waals surface area (Å²) < 4.78 is 30.2. The number of H-pyrrole nitrogens is 1. The lowest BCUT2D eigenvalue weighted by atomic mass is 10.1. The van der Waals surface area contributed by atoms with Crippen molar-refractivity contribution in [3.8, 4) is 28.6 Å². The standard InChI is InChI=1S/C16H18ClN3O4.C16H16ClN3O3.C9H10ClNO2.C7H10N2O3/c1-8(2)18-13-7-11(20-24-13)16(22)19-15-10(9(3)21)5-6-12(23-4)14(15)17;1-8(2)18-14-7-11(20-23-14)10-6-12(21)9-4-5-13(22-3)15(17)16(9)19-10;1-5(12)6-3-4-7(13-2)8(10)9(6)11;1-4(2)8-6-3-5(7(10)11)9-12-6/h5-8,18H,1-4H3,(H,19,22);4-8,18H,1-3H3,(H,19,21);3-4H,11H2,1-2H3;3-4,8H,1-2H3,(H,10,11). The Bertz CT molecular complexity index is 3090. The highest BCUT2D eigenvalue weighted by Gasteiger charge is 2.21. The number of carbonyl (C=O) groups excluding carboxylic acids is 3. The monoisotopic (exact) mass is 1050 g/mol. The molecular weight excluding hydrogens is 1000 g/mol. The number of nitrogen functional groups attached to an aromatic ring is 1. The molecule has 0 saturated carbocycles. The summed E-state index contributed by atoms with van der Waals surface area (Å²) in [5.41, 5.74) is 8.15. The number of fused-ring (bicyclic) bond motifs is 1. The fourth-order valence-corrected chi connectivity index (χ4v) is 6.94. The Morgan fingerprint density at radius 3 is 1.60 bits per heavy atom. The number of carboxylic acid groups (broad SMARTS) is 1. The number of rotatable bonds is 15. The molecule has 0 radical (unpaired) electrons. The van der Waals surface area contributed by atoms with E-state index in [0.29, 0.717) is 67.8 Å². The second-order valence-corrected chi connectivity index (χ2v) is 17.2. The van der Waals surface area contributed by atoms with E-state index in [1.807, 2.05) is 41.5 Å². The third kappa shape index (κ3) is 15.1. The van der Waals surface area contributed by atoms with Crippen LogP contribution in [0.3, 0.4) is 0 Å². The minimum atomic E-state index is -1.09. The van der Waals surface area contributed by atoms with Gasteiger partial charge >= 0.3 is 5.97 Å². The molecule has 3 aromatic carbocycles. The maximum absolute atomic E-state index is 12.4. The minimum Gasteiger partial charge on any atom is -0.495 e. The van der Waals surface area contributed by atoms with E-state index in [-0.39, 0.29) is 73.5 Å². The summed E-state index contributed by atoms with van der Waals surface area (Å²) in [7, 11) is 4.46. The minimum absolute atomic E-state index is 0.0616. The van der Waals surface area contributed by atoms with E-state index >= 15 is 0 Å². The van der Waals surface area contributed by atoms with Gasteiger partial charge in [0.15, 0.2) is 28.4 Å². The number of anilines is 5. The van der Waals surface area contributed by atoms with E-state index in [4.69, 9.17) is 73.4 Å². The number of amides is 1. The number of methoxy groups -OCH3 is 3. The van der Waals surface area contributed by atoms with Crippen molar-refractivity contribution in [1.29, 1.82) is 0 Å². The number of halogens is 3. The largest absolute Gasteiger partial charge is 0.495 e. The number of hydrogen-bond donors (Lipinski definition) is 7. The summed E-state index contributed by atoms with van der Waals surface area (Å²) in [6, 6.07) is 16.2. The second kappa shape index (κ2) is 25.9. The van der Waals surface area contributed by atoms with Gasteiger partial charge in [0, 0.05) is 58.9 Å². The number of Topliss-reactive ketones (excluding diaryl/α,β-unsaturated/α-hetero) is 2. The number of ether oxygens (including phenoxy) is 3. The fourth-order valence-electron chi connectivity index (χ4n) is 6.12. The van der Waals surface area contributed by atoms with Crippen molar-refractivity contribution < 1.29 is 52.1 Å². The van der Waals surface area contributed by atoms with Crippen molar-refractivity contribution in [2.45, 2.75) is 73.5 Å². The summed E-state index contributed by atoms with van der Waals surface area (Å²) in [6.07, 6.45) is 0. The first kappa shape index (κ1) is 56.8. The highest BCUT2D eigenvalue weighted by Crippen LogP contribution is 2.36. The third-order valence-corrected chi connectivity index (χ3v) is 10.5. The smallest absolute Gasteiger partial charge is 0.358 e. The van der Waals surface area contributed by atoms with Crippen LogP contribution in [0.15, 0.2) is 79.0 Å². The van der Waals surface area contributed by atoms with Gasteiger partial charge in [0.2, 0.25) is 17.7 Å². The second-order valence-electron chi connectivity index (χ2n) is 16.1. The van der Waals surface area contributed by atoms with E-state index < -0.39 is 11.9 Å². The quantitative estimate of drug-likeness (QED) is 0.0371. The van der Waals surface area contributed by atoms with E-state index in [2.05, 4.69) is 41.7 Å². The summed E-state index contributed by atoms with van der Waals surface area (Å²) >= 11 is 18.4. The lowest BCUT2D eigenvalue weighted by Gasteiger charge is -2.13. The van der Waals surface area contributed by atoms with E-state index in [1.165, 1.54) is 59.4 Å². The van der Waals surface area contributed by atoms with Crippen LogP contribution in [0.2, 0.25) is 15.1 Å². The molecule has 0 atom stereocenters. The van der Waals surface area contributed by atoms with Gasteiger partial charge < -0.3 is 64.9 Å². The number of aromatic carboxylic acids is 1. The first-order valence-electron chi connectivity index (χ1n) is 21.6. The molecule has 4 aromatic heterocycles. The Morgan fingerprint density at radius 2 is 1.10 bits per heavy atom. The molecule has 0 fully saturated rings. The van der Waals surface area contributed by atoms with Gasteiger partial charge in [-0.2, -0.15) is 0 Å². The van der Waals surface area contributed by atoms with Crippen LogP contribution in [0.1, 0.15) is 97.1 Å². The first-order chi connectivity index (χ1) is 34.0. The number of aromatic nitrogens is 4. The number of aromatic amines is 1. The van der Waals surface area contributed by atoms with Gasteiger partial charge in [0.25, 0.3) is 5.91 Å². The lowest BCUT2D eigenvalue weighted by Crippen LogP contribution is -2.15. The molecule has 72 heavy (non-hydrogen) atoms. The summed E-state index contributed by atoms with van der Waals surface area (Å²) in [5, 5.41) is 32.4. The van der Waals surface area contributed by atoms with Crippen LogP contribution in [-0.4, -0.2) is 88.5 Å². The molecule has 384 valence electrons. The number of pyridine rings is 1. The van der Waals surface area contributed by atoms with E-state index in [9.17, 15) is 24.0 Å². The Labute approximate surface area is 427 Å². The van der Waals surface area contributed by atoms with Crippen molar-refractivity contribution >= 4 is 98.2 Å². The summed E-state index contributed by atoms with van der Waals surface area (Å²) in [6.45, 7) is 14.5. The zero-order chi connectivity index (χ0) is 53.6. The molecule has 0 bridgehead atoms. The molecule has 0 aliphatic heterocycles. The van der Waals surface area contributed by atoms with Crippen molar-refractivity contribution in [2.75, 3.05) is 48.3 Å². The summed E-state index contributed by atoms with van der Waals surface area (Å²) in [5.74, 6) is 0.620. The van der Waals surface area contributed by atoms with Crippen molar-refractivity contribution in [3.05, 3.63) is 108 Å². The maximum Gasteiger partial charge on any atom is 0.358 e. The van der Waals surface area contributed by atoms with Gasteiger partial charge in [-0.1, -0.05) is 50.3 Å². The molecule has 7 rings (SSSR count). The van der Waals surface area contributed by atoms with Crippen LogP contribution in [0.25, 0.3) is 22.3 Å². The van der Waals surface area contributed by atoms with Gasteiger partial charge in [0.1, 0.15) is 38.0 Å². The molecule has 0 spiro atoms. The third-order valence-electron chi connectivity index (χ3n) is 9.37. The van der Waals surface area contributed by atoms with Gasteiger partial charge in [0.05, 0.1) is 43.9 Å². The SMILES string of the molecule is CC(C)Nc1cc(C(=O)O)no1.COc1ccc(C(C)=O)c(N)c1Cl.COc1ccc(C(C)=O)c(NC(=O)c2cc(NC(C)C)on2)c1Cl.COc1ccc2c(=O)cc(-c3cc(NC(C)C)on3)[nH]c2c1Cl. The first-order valence-corrected chi connectivity index (χ1v) is 22.8. The highest BCUT2D eigenvalue weighted by atomic mass is 35.5. The normalized spacial score (nSPS) is 10.6. The average Bonchev–Trinajstić information content (AvgIpc) is 4.10. The molecular formula is C48H54Cl3N9O12. The molecule has 21 nitrogen and oxygen atoms in total. The molecule has 4 heterocycles. The number of ketones is 2. The predicted molar refractivity (Wildman–Crippen MR) is 276 cm³/mol. The van der Waals surface area contributed by atoms with Gasteiger partial charge in [-0.25, -0.2) is 4.79 Å². The summed E-state index contributed by atoms with van der Waals surface area (Å²) in [4.78, 5) is 61.0. The van der Waals surface area contributed by atoms with Crippen LogP contribution < -0.4 is 46.6 Å². The van der Waals surface area contributed by atoms with Crippen LogP contribution >= 0.6 is 34.8 Å². The molecule has 0 saturated heterocycles. The van der Waals surface area contributed by atoms with Crippen LogP contribution in [0.5, 0.6) is 17.2 Å². The van der Waals surface area contributed by atoms with E-state index in [0.717, 1.165) is 0 Å². The number of hydrogen-bond acceptors (Lipinski definition) is 18. The topological polar surface area (TPSA) is 301 Å². The van der Waals surface area contributed by atoms with Crippen molar-refractivity contribution in [1.82, 2.24) is 20.5 Å². The number of nitrogens with two attached hydrogens (primary N) is 1. The number of carboxylic acids is 1. The maximum atomic E-state index is 12.4. The zero-order valence-corrected chi connectivity index (χ0v) is 43.3. The highest BCUT2D eigenvalue weighted by molar-refractivity contribution is 6.37. The Balaban J connectivity index is 0.000000218. The zero-order valence-electron chi connectivity index (χ0n) is 41.0. The lowest BCUT2D eigenvalue weighted by molar-refractivity contribution is 0.0685. The van der Waals surface area contributed by atoms with E-state index in [1.54, 1.807) is 36.4 Å². The number of nitrogens with one attached hydrogen (secondary N) is 5. The predicted octanol–water partition coefficient (Wildman–Crippen LogP) is 10.6. The molecule has 1 amide bonds. The molecule has 8 N–H and O–H groups in total. The molecule has 24 heteroatoms.